The quantitative estimate of drug-likeness (QED) is 0.176. The number of hydrogen-bond donors (Lipinski definition) is 2. The van der Waals surface area contributed by atoms with Gasteiger partial charge in [0.1, 0.15) is 5.82 Å². The highest BCUT2D eigenvalue weighted by atomic mass is 127. The third-order valence-corrected chi connectivity index (χ3v) is 5.31. The lowest BCUT2D eigenvalue weighted by Gasteiger charge is -2.29. The minimum atomic E-state index is -0.186. The Labute approximate surface area is 183 Å². The molecule has 0 saturated carbocycles. The molecule has 1 aromatic rings. The number of thioether (sulfide) groups is 1. The van der Waals surface area contributed by atoms with Gasteiger partial charge in [-0.15, -0.1) is 35.7 Å². The van der Waals surface area contributed by atoms with Crippen LogP contribution in [0.1, 0.15) is 13.3 Å². The number of benzene rings is 1. The number of aliphatic imine (C=N–C) groups is 1. The molecule has 5 nitrogen and oxygen atoms in total. The topological polar surface area (TPSA) is 48.9 Å². The van der Waals surface area contributed by atoms with E-state index in [2.05, 4.69) is 27.4 Å². The summed E-state index contributed by atoms with van der Waals surface area (Å²) < 4.78 is 18.3. The Morgan fingerprint density at radius 2 is 1.96 bits per heavy atom. The summed E-state index contributed by atoms with van der Waals surface area (Å²) >= 11 is 1.74. The zero-order valence-corrected chi connectivity index (χ0v) is 19.4. The van der Waals surface area contributed by atoms with Gasteiger partial charge in [0.15, 0.2) is 5.96 Å². The van der Waals surface area contributed by atoms with E-state index in [1.54, 1.807) is 18.8 Å². The zero-order valence-electron chi connectivity index (χ0n) is 16.2. The molecule has 1 atom stereocenters. The maximum absolute atomic E-state index is 12.9. The van der Waals surface area contributed by atoms with Crippen LogP contribution >= 0.6 is 35.7 Å². The normalized spacial score (nSPS) is 16.5. The number of nitrogens with one attached hydrogen (secondary N) is 2. The minimum absolute atomic E-state index is 0. The van der Waals surface area contributed by atoms with Gasteiger partial charge in [-0.1, -0.05) is 6.92 Å². The first kappa shape index (κ1) is 24.5. The second-order valence-corrected chi connectivity index (χ2v) is 7.72. The summed E-state index contributed by atoms with van der Waals surface area (Å²) in [6, 6.07) is 6.66. The predicted octanol–water partition coefficient (Wildman–Crippen LogP) is 3.06. The van der Waals surface area contributed by atoms with E-state index in [0.29, 0.717) is 5.92 Å². The Kier molecular flexibility index (Phi) is 13.1. The average Bonchev–Trinajstić information content (AvgIpc) is 2.66. The highest BCUT2D eigenvalue weighted by Crippen LogP contribution is 2.18. The van der Waals surface area contributed by atoms with Gasteiger partial charge in [-0.3, -0.25) is 9.89 Å². The largest absolute Gasteiger partial charge is 0.379 e. The number of hydrogen-bond acceptors (Lipinski definition) is 4. The molecule has 8 heteroatoms. The first-order valence-electron chi connectivity index (χ1n) is 9.30. The second-order valence-electron chi connectivity index (χ2n) is 6.55. The minimum Gasteiger partial charge on any atom is -0.379 e. The van der Waals surface area contributed by atoms with Crippen molar-refractivity contribution in [1.29, 1.82) is 0 Å². The van der Waals surface area contributed by atoms with Gasteiger partial charge in [0, 0.05) is 44.7 Å². The summed E-state index contributed by atoms with van der Waals surface area (Å²) in [4.78, 5) is 7.84. The van der Waals surface area contributed by atoms with E-state index >= 15 is 0 Å². The molecule has 1 heterocycles. The lowest BCUT2D eigenvalue weighted by molar-refractivity contribution is 0.0320. The molecule has 0 spiro atoms. The van der Waals surface area contributed by atoms with E-state index in [-0.39, 0.29) is 29.8 Å². The Morgan fingerprint density at radius 3 is 2.63 bits per heavy atom. The Hall–Kier alpha value is -0.580. The first-order valence-corrected chi connectivity index (χ1v) is 10.3. The van der Waals surface area contributed by atoms with Crippen LogP contribution in [0.3, 0.4) is 0 Å². The van der Waals surface area contributed by atoms with Gasteiger partial charge in [0.25, 0.3) is 0 Å². The van der Waals surface area contributed by atoms with Gasteiger partial charge in [-0.2, -0.15) is 0 Å². The van der Waals surface area contributed by atoms with Crippen LogP contribution in [0.15, 0.2) is 34.2 Å². The molecule has 2 N–H and O–H groups in total. The Balaban J connectivity index is 0.00000364. The van der Waals surface area contributed by atoms with Gasteiger partial charge in [0.05, 0.1) is 13.2 Å². The summed E-state index contributed by atoms with van der Waals surface area (Å²) in [7, 11) is 1.80. The number of ether oxygens (including phenoxy) is 1. The molecule has 1 aliphatic rings. The van der Waals surface area contributed by atoms with Crippen molar-refractivity contribution < 1.29 is 9.13 Å². The van der Waals surface area contributed by atoms with Crippen molar-refractivity contribution in [1.82, 2.24) is 15.5 Å². The van der Waals surface area contributed by atoms with Crippen molar-refractivity contribution in [3.8, 4) is 0 Å². The number of guanidine groups is 1. The molecule has 0 amide bonds. The van der Waals surface area contributed by atoms with E-state index in [0.717, 1.165) is 69.0 Å². The monoisotopic (exact) mass is 510 g/mol. The van der Waals surface area contributed by atoms with Crippen LogP contribution in [0.25, 0.3) is 0 Å². The van der Waals surface area contributed by atoms with Crippen molar-refractivity contribution >= 4 is 41.7 Å². The van der Waals surface area contributed by atoms with Crippen molar-refractivity contribution in [3.63, 3.8) is 0 Å². The molecule has 1 aromatic carbocycles. The van der Waals surface area contributed by atoms with Crippen LogP contribution in [-0.2, 0) is 4.74 Å². The van der Waals surface area contributed by atoms with Gasteiger partial charge in [0.2, 0.25) is 0 Å². The summed E-state index contributed by atoms with van der Waals surface area (Å²) in [5.41, 5.74) is 0. The first-order chi connectivity index (χ1) is 12.7. The molecule has 0 radical (unpaired) electrons. The maximum Gasteiger partial charge on any atom is 0.190 e. The Morgan fingerprint density at radius 1 is 1.26 bits per heavy atom. The van der Waals surface area contributed by atoms with E-state index in [1.165, 1.54) is 12.1 Å². The summed E-state index contributed by atoms with van der Waals surface area (Å²) in [6.07, 6.45) is 1.02. The third kappa shape index (κ3) is 10.5. The summed E-state index contributed by atoms with van der Waals surface area (Å²) in [6.45, 7) is 8.87. The van der Waals surface area contributed by atoms with Crippen molar-refractivity contribution in [2.75, 3.05) is 58.7 Å². The molecule has 1 aliphatic heterocycles. The summed E-state index contributed by atoms with van der Waals surface area (Å²) in [5.74, 6) is 2.21. The third-order valence-electron chi connectivity index (χ3n) is 4.21. The fourth-order valence-corrected chi connectivity index (χ4v) is 3.63. The number of rotatable bonds is 9. The van der Waals surface area contributed by atoms with Crippen LogP contribution < -0.4 is 10.6 Å². The van der Waals surface area contributed by atoms with Crippen LogP contribution in [0.2, 0.25) is 0 Å². The van der Waals surface area contributed by atoms with E-state index in [1.807, 2.05) is 12.1 Å². The zero-order chi connectivity index (χ0) is 18.6. The van der Waals surface area contributed by atoms with Crippen LogP contribution in [-0.4, -0.2) is 69.6 Å². The Bertz CT molecular complexity index is 541. The molecule has 1 saturated heterocycles. The van der Waals surface area contributed by atoms with Crippen molar-refractivity contribution in [3.05, 3.63) is 30.1 Å². The maximum atomic E-state index is 12.9. The molecule has 1 unspecified atom stereocenters. The van der Waals surface area contributed by atoms with E-state index in [4.69, 9.17) is 4.74 Å². The highest BCUT2D eigenvalue weighted by molar-refractivity contribution is 14.0. The second kappa shape index (κ2) is 14.4. The molecular formula is C19H32FIN4OS. The highest BCUT2D eigenvalue weighted by Gasteiger charge is 2.13. The fraction of sp³-hybridized carbons (Fsp3) is 0.632. The van der Waals surface area contributed by atoms with E-state index in [9.17, 15) is 4.39 Å². The molecule has 2 rings (SSSR count). The van der Waals surface area contributed by atoms with Gasteiger partial charge < -0.3 is 15.4 Å². The lowest BCUT2D eigenvalue weighted by Crippen LogP contribution is -2.44. The standard InChI is InChI=1S/C19H31FN4OS.HI/c1-16(15-24-9-11-25-12-10-24)14-23-19(21-2)22-8-3-13-26-18-6-4-17(20)5-7-18;/h4-7,16H,3,8-15H2,1-2H3,(H2,21,22,23);1H. The molecule has 0 bridgehead atoms. The number of morpholine rings is 1. The average molecular weight is 510 g/mol. The van der Waals surface area contributed by atoms with Gasteiger partial charge >= 0.3 is 0 Å². The molecule has 1 fully saturated rings. The van der Waals surface area contributed by atoms with Gasteiger partial charge in [-0.05, 0) is 42.4 Å². The lowest BCUT2D eigenvalue weighted by atomic mass is 10.1. The molecule has 0 aromatic heterocycles. The van der Waals surface area contributed by atoms with Crippen LogP contribution in [0.5, 0.6) is 0 Å². The molecule has 154 valence electrons. The molecule has 0 aliphatic carbocycles. The number of nitrogens with zero attached hydrogens (tertiary/aromatic N) is 2. The fourth-order valence-electron chi connectivity index (χ4n) is 2.78. The SMILES string of the molecule is CN=C(NCCCSc1ccc(F)cc1)NCC(C)CN1CCOCC1.I. The molecule has 27 heavy (non-hydrogen) atoms. The smallest absolute Gasteiger partial charge is 0.190 e. The van der Waals surface area contributed by atoms with Crippen LogP contribution in [0.4, 0.5) is 4.39 Å². The van der Waals surface area contributed by atoms with Crippen LogP contribution in [0, 0.1) is 11.7 Å². The van der Waals surface area contributed by atoms with Crippen molar-refractivity contribution in [2.24, 2.45) is 10.9 Å². The summed E-state index contributed by atoms with van der Waals surface area (Å²) in [5, 5.41) is 6.76. The van der Waals surface area contributed by atoms with E-state index < -0.39 is 0 Å². The van der Waals surface area contributed by atoms with Gasteiger partial charge in [-0.25, -0.2) is 4.39 Å². The predicted molar refractivity (Wildman–Crippen MR) is 123 cm³/mol. The number of halogens is 2. The molecular weight excluding hydrogens is 478 g/mol. The van der Waals surface area contributed by atoms with Crippen molar-refractivity contribution in [2.45, 2.75) is 18.2 Å².